The maximum atomic E-state index is 14.1. The minimum Gasteiger partial charge on any atom is -0.481 e. The van der Waals surface area contributed by atoms with E-state index in [1.165, 1.54) is 42.0 Å². The number of carboxylic acids is 1. The lowest BCUT2D eigenvalue weighted by Crippen LogP contribution is -2.28. The van der Waals surface area contributed by atoms with E-state index in [-0.39, 0.29) is 27.3 Å². The van der Waals surface area contributed by atoms with Gasteiger partial charge in [-0.25, -0.2) is 13.6 Å². The van der Waals surface area contributed by atoms with E-state index in [2.05, 4.69) is 24.3 Å². The van der Waals surface area contributed by atoms with Crippen LogP contribution in [-0.4, -0.2) is 42.1 Å². The third-order valence-corrected chi connectivity index (χ3v) is 8.11. The summed E-state index contributed by atoms with van der Waals surface area (Å²) in [6.07, 6.45) is 7.43. The molecule has 1 N–H and O–H groups in total. The number of nitrogens with zero attached hydrogens (tertiary/aromatic N) is 1. The van der Waals surface area contributed by atoms with Crippen LogP contribution < -0.4 is 4.74 Å². The first-order chi connectivity index (χ1) is 21.6. The molecule has 0 aromatic heterocycles. The van der Waals surface area contributed by atoms with Gasteiger partial charge in [0.1, 0.15) is 17.4 Å². The lowest BCUT2D eigenvalue weighted by molar-refractivity contribution is -0.139. The minimum atomic E-state index is -1.22. The molecule has 0 saturated carbocycles. The van der Waals surface area contributed by atoms with Gasteiger partial charge >= 0.3 is 5.97 Å². The predicted octanol–water partition coefficient (Wildman–Crippen LogP) is 9.72. The molecular formula is C36H35Cl2F2NO4. The van der Waals surface area contributed by atoms with E-state index in [1.54, 1.807) is 24.1 Å². The van der Waals surface area contributed by atoms with E-state index < -0.39 is 24.2 Å². The molecule has 0 radical (unpaired) electrons. The molecule has 0 atom stereocenters. The Morgan fingerprint density at radius 3 is 1.82 bits per heavy atom. The number of unbranched alkanes of at least 4 members (excludes halogenated alkanes) is 5. The number of amides is 1. The maximum Gasteiger partial charge on any atom is 0.341 e. The van der Waals surface area contributed by atoms with Gasteiger partial charge < -0.3 is 14.7 Å². The first-order valence-corrected chi connectivity index (χ1v) is 15.6. The maximum absolute atomic E-state index is 14.1. The molecule has 9 heteroatoms. The number of hydrogen-bond donors (Lipinski definition) is 1. The van der Waals surface area contributed by atoms with Crippen molar-refractivity contribution in [1.29, 1.82) is 0 Å². The number of hydrogen-bond acceptors (Lipinski definition) is 3. The Morgan fingerprint density at radius 2 is 1.29 bits per heavy atom. The Labute approximate surface area is 272 Å². The van der Waals surface area contributed by atoms with E-state index in [0.717, 1.165) is 44.9 Å². The van der Waals surface area contributed by atoms with Gasteiger partial charge in [-0.2, -0.15) is 0 Å². The third-order valence-electron chi connectivity index (χ3n) is 7.54. The van der Waals surface area contributed by atoms with Crippen LogP contribution in [0.1, 0.15) is 54.4 Å². The van der Waals surface area contributed by atoms with Crippen LogP contribution in [0.5, 0.6) is 5.75 Å². The van der Waals surface area contributed by atoms with Crippen molar-refractivity contribution in [2.45, 2.75) is 44.9 Å². The second-order valence-electron chi connectivity index (χ2n) is 10.9. The Kier molecular flexibility index (Phi) is 12.4. The van der Waals surface area contributed by atoms with Crippen molar-refractivity contribution in [3.8, 4) is 28.0 Å². The van der Waals surface area contributed by atoms with Crippen molar-refractivity contribution in [1.82, 2.24) is 4.90 Å². The zero-order valence-corrected chi connectivity index (χ0v) is 26.5. The summed E-state index contributed by atoms with van der Waals surface area (Å²) >= 11 is 12.2. The van der Waals surface area contributed by atoms with Crippen LogP contribution in [0.3, 0.4) is 0 Å². The second-order valence-corrected chi connectivity index (χ2v) is 11.7. The highest BCUT2D eigenvalue weighted by Crippen LogP contribution is 2.42. The Hall–Kier alpha value is -3.94. The monoisotopic (exact) mass is 653 g/mol. The fourth-order valence-electron chi connectivity index (χ4n) is 5.15. The van der Waals surface area contributed by atoms with Crippen molar-refractivity contribution >= 4 is 35.1 Å². The molecule has 0 aliphatic carbocycles. The molecule has 0 bridgehead atoms. The fraction of sp³-hybridized carbons (Fsp3) is 0.278. The molecule has 236 valence electrons. The molecule has 4 aromatic rings. The van der Waals surface area contributed by atoms with E-state index in [1.807, 2.05) is 6.07 Å². The van der Waals surface area contributed by atoms with E-state index in [4.69, 9.17) is 27.9 Å². The lowest BCUT2D eigenvalue weighted by Gasteiger charge is -2.21. The van der Waals surface area contributed by atoms with Gasteiger partial charge in [-0.05, 0) is 72.4 Å². The summed E-state index contributed by atoms with van der Waals surface area (Å²) < 4.78 is 33.8. The molecule has 4 aromatic carbocycles. The molecule has 0 aliphatic rings. The van der Waals surface area contributed by atoms with Gasteiger partial charge in [-0.1, -0.05) is 91.3 Å². The molecule has 5 nitrogen and oxygen atoms in total. The number of aryl methyl sites for hydroxylation is 1. The Bertz CT molecular complexity index is 1560. The molecule has 0 fully saturated rings. The molecule has 4 rings (SSSR count). The van der Waals surface area contributed by atoms with Gasteiger partial charge in [0.25, 0.3) is 5.91 Å². The number of aliphatic carboxylic acids is 1. The molecule has 1 amide bonds. The molecule has 0 heterocycles. The largest absolute Gasteiger partial charge is 0.481 e. The van der Waals surface area contributed by atoms with Crippen LogP contribution in [0.4, 0.5) is 8.78 Å². The molecule has 0 unspecified atom stereocenters. The number of benzene rings is 4. The highest BCUT2D eigenvalue weighted by atomic mass is 35.5. The molecule has 0 aliphatic heterocycles. The summed E-state index contributed by atoms with van der Waals surface area (Å²) in [5, 5.41) is 9.05. The first kappa shape index (κ1) is 33.9. The van der Waals surface area contributed by atoms with Gasteiger partial charge in [0, 0.05) is 30.3 Å². The zero-order chi connectivity index (χ0) is 32.3. The fourth-order valence-corrected chi connectivity index (χ4v) is 5.51. The van der Waals surface area contributed by atoms with Crippen LogP contribution in [0.2, 0.25) is 10.0 Å². The number of carboxylic acid groups (broad SMARTS) is 1. The van der Waals surface area contributed by atoms with Gasteiger partial charge in [-0.15, -0.1) is 0 Å². The Balaban J connectivity index is 1.53. The number of carbonyl (C=O) groups is 2. The van der Waals surface area contributed by atoms with Gasteiger partial charge in [-0.3, -0.25) is 4.79 Å². The molecular weight excluding hydrogens is 619 g/mol. The highest BCUT2D eigenvalue weighted by molar-refractivity contribution is 6.31. The predicted molar refractivity (Wildman–Crippen MR) is 175 cm³/mol. The smallest absolute Gasteiger partial charge is 0.341 e. The third kappa shape index (κ3) is 9.52. The second kappa shape index (κ2) is 16.4. The number of rotatable bonds is 15. The Morgan fingerprint density at radius 1 is 0.756 bits per heavy atom. The van der Waals surface area contributed by atoms with Crippen LogP contribution >= 0.6 is 23.2 Å². The van der Waals surface area contributed by atoms with Gasteiger partial charge in [0.05, 0.1) is 10.0 Å². The first-order valence-electron chi connectivity index (χ1n) is 14.9. The number of carbonyl (C=O) groups excluding carboxylic acids is 1. The summed E-state index contributed by atoms with van der Waals surface area (Å²) in [5.74, 6) is -2.66. The normalized spacial score (nSPS) is 11.0. The number of halogens is 4. The minimum absolute atomic E-state index is 0.106. The van der Waals surface area contributed by atoms with Crippen molar-refractivity contribution in [3.05, 3.63) is 112 Å². The summed E-state index contributed by atoms with van der Waals surface area (Å²) in [7, 11) is 1.72. The highest BCUT2D eigenvalue weighted by Gasteiger charge is 2.22. The van der Waals surface area contributed by atoms with E-state index >= 15 is 0 Å². The number of ether oxygens (including phenoxy) is 1. The molecule has 0 spiro atoms. The van der Waals surface area contributed by atoms with Gasteiger partial charge in [0.2, 0.25) is 0 Å². The SMILES string of the molecule is CN(CCCCCCCCc1ccccc1)C(=O)c1cc(-c2ccc(F)c(Cl)c2)c(OCC(=O)O)c(-c2ccc(F)c(Cl)c2)c1. The average molecular weight is 655 g/mol. The quantitative estimate of drug-likeness (QED) is 0.130. The lowest BCUT2D eigenvalue weighted by atomic mass is 9.93. The summed E-state index contributed by atoms with van der Waals surface area (Å²) in [6, 6.07) is 21.6. The summed E-state index contributed by atoms with van der Waals surface area (Å²) in [5.41, 5.74) is 3.09. The van der Waals surface area contributed by atoms with E-state index in [9.17, 15) is 23.5 Å². The van der Waals surface area contributed by atoms with Crippen molar-refractivity contribution < 1.29 is 28.2 Å². The standard InChI is InChI=1S/C36H35Cl2F2NO4/c1-41(18-10-5-3-2-4-7-11-24-12-8-6-9-13-24)36(44)27-19-28(25-14-16-32(39)30(37)21-25)35(45-23-34(42)43)29(20-27)26-15-17-33(40)31(38)22-26/h6,8-9,12-17,19-22H,2-5,7,10-11,18,23H2,1H3,(H,42,43). The topological polar surface area (TPSA) is 66.8 Å². The summed E-state index contributed by atoms with van der Waals surface area (Å²) in [4.78, 5) is 26.8. The van der Waals surface area contributed by atoms with Crippen LogP contribution in [0.25, 0.3) is 22.3 Å². The van der Waals surface area contributed by atoms with Crippen molar-refractivity contribution in [2.24, 2.45) is 0 Å². The average Bonchev–Trinajstić information content (AvgIpc) is 3.03. The van der Waals surface area contributed by atoms with Crippen LogP contribution in [0.15, 0.2) is 78.9 Å². The molecule has 45 heavy (non-hydrogen) atoms. The van der Waals surface area contributed by atoms with Crippen molar-refractivity contribution in [2.75, 3.05) is 20.2 Å². The molecule has 0 saturated heterocycles. The van der Waals surface area contributed by atoms with Crippen LogP contribution in [-0.2, 0) is 11.2 Å². The zero-order valence-electron chi connectivity index (χ0n) is 25.0. The van der Waals surface area contributed by atoms with E-state index in [0.29, 0.717) is 28.8 Å². The van der Waals surface area contributed by atoms with Crippen LogP contribution in [0, 0.1) is 11.6 Å². The van der Waals surface area contributed by atoms with Gasteiger partial charge in [0.15, 0.2) is 6.61 Å². The summed E-state index contributed by atoms with van der Waals surface area (Å²) in [6.45, 7) is -0.154. The van der Waals surface area contributed by atoms with Crippen molar-refractivity contribution in [3.63, 3.8) is 0 Å².